The maximum absolute atomic E-state index is 6.19. The number of benzene rings is 1. The van der Waals surface area contributed by atoms with E-state index in [0.717, 1.165) is 30.7 Å². The SMILES string of the molecule is Clc1cc(Cl)c2c(c1)C(NCCc1ccsc1)CCO2. The van der Waals surface area contributed by atoms with Gasteiger partial charge in [0.15, 0.2) is 0 Å². The van der Waals surface area contributed by atoms with Gasteiger partial charge in [0.2, 0.25) is 0 Å². The minimum Gasteiger partial charge on any atom is -0.492 e. The lowest BCUT2D eigenvalue weighted by atomic mass is 10.0. The first-order valence-electron chi connectivity index (χ1n) is 6.60. The van der Waals surface area contributed by atoms with Crippen LogP contribution in [-0.4, -0.2) is 13.2 Å². The lowest BCUT2D eigenvalue weighted by molar-refractivity contribution is 0.253. The van der Waals surface area contributed by atoms with E-state index in [0.29, 0.717) is 16.7 Å². The van der Waals surface area contributed by atoms with Crippen LogP contribution in [0, 0.1) is 0 Å². The molecule has 1 unspecified atom stereocenters. The summed E-state index contributed by atoms with van der Waals surface area (Å²) < 4.78 is 5.66. The molecule has 1 aromatic carbocycles. The van der Waals surface area contributed by atoms with Gasteiger partial charge in [-0.05, 0) is 47.5 Å². The van der Waals surface area contributed by atoms with Crippen molar-refractivity contribution < 1.29 is 4.74 Å². The maximum atomic E-state index is 6.19. The Balaban J connectivity index is 1.70. The van der Waals surface area contributed by atoms with Crippen LogP contribution in [0.25, 0.3) is 0 Å². The number of rotatable bonds is 4. The van der Waals surface area contributed by atoms with E-state index in [1.807, 2.05) is 6.07 Å². The van der Waals surface area contributed by atoms with Crippen molar-refractivity contribution in [1.29, 1.82) is 0 Å². The quantitative estimate of drug-likeness (QED) is 0.877. The van der Waals surface area contributed by atoms with Crippen molar-refractivity contribution in [2.24, 2.45) is 0 Å². The molecule has 0 amide bonds. The molecule has 0 saturated heterocycles. The zero-order valence-corrected chi connectivity index (χ0v) is 13.2. The van der Waals surface area contributed by atoms with Gasteiger partial charge >= 0.3 is 0 Å². The zero-order valence-electron chi connectivity index (χ0n) is 10.9. The highest BCUT2D eigenvalue weighted by Gasteiger charge is 2.23. The highest BCUT2D eigenvalue weighted by molar-refractivity contribution is 7.07. The van der Waals surface area contributed by atoms with Gasteiger partial charge in [0.25, 0.3) is 0 Å². The summed E-state index contributed by atoms with van der Waals surface area (Å²) in [4.78, 5) is 0. The zero-order chi connectivity index (χ0) is 13.9. The smallest absolute Gasteiger partial charge is 0.142 e. The summed E-state index contributed by atoms with van der Waals surface area (Å²) in [7, 11) is 0. The van der Waals surface area contributed by atoms with Crippen LogP contribution >= 0.6 is 34.5 Å². The van der Waals surface area contributed by atoms with Crippen LogP contribution in [0.3, 0.4) is 0 Å². The van der Waals surface area contributed by atoms with E-state index in [9.17, 15) is 0 Å². The molecule has 2 aromatic rings. The molecular formula is C15H15Cl2NOS. The maximum Gasteiger partial charge on any atom is 0.142 e. The fourth-order valence-electron chi connectivity index (χ4n) is 2.46. The first-order chi connectivity index (χ1) is 9.74. The van der Waals surface area contributed by atoms with Crippen LogP contribution in [0.2, 0.25) is 10.0 Å². The Kier molecular flexibility index (Phi) is 4.51. The number of halogens is 2. The molecule has 0 bridgehead atoms. The van der Waals surface area contributed by atoms with Crippen molar-refractivity contribution in [3.05, 3.63) is 50.1 Å². The predicted octanol–water partition coefficient (Wildman–Crippen LogP) is 4.71. The fourth-order valence-corrected chi connectivity index (χ4v) is 3.73. The highest BCUT2D eigenvalue weighted by Crippen LogP contribution is 2.39. The van der Waals surface area contributed by atoms with Gasteiger partial charge < -0.3 is 10.1 Å². The molecule has 2 nitrogen and oxygen atoms in total. The average molecular weight is 328 g/mol. The van der Waals surface area contributed by atoms with Crippen molar-refractivity contribution >= 4 is 34.5 Å². The molecule has 0 saturated carbocycles. The number of hydrogen-bond donors (Lipinski definition) is 1. The predicted molar refractivity (Wildman–Crippen MR) is 85.3 cm³/mol. The minimum absolute atomic E-state index is 0.258. The Morgan fingerprint density at radius 3 is 3.05 bits per heavy atom. The third-order valence-corrected chi connectivity index (χ3v) is 4.68. The lowest BCUT2D eigenvalue weighted by Crippen LogP contribution is -2.28. The summed E-state index contributed by atoms with van der Waals surface area (Å²) in [5.41, 5.74) is 2.44. The van der Waals surface area contributed by atoms with E-state index in [4.69, 9.17) is 27.9 Å². The van der Waals surface area contributed by atoms with Crippen LogP contribution in [0.4, 0.5) is 0 Å². The molecule has 0 spiro atoms. The summed E-state index contributed by atoms with van der Waals surface area (Å²) >= 11 is 14.0. The molecule has 5 heteroatoms. The molecule has 2 heterocycles. The molecular weight excluding hydrogens is 313 g/mol. The van der Waals surface area contributed by atoms with Gasteiger partial charge in [-0.25, -0.2) is 0 Å². The number of thiophene rings is 1. The summed E-state index contributed by atoms with van der Waals surface area (Å²) in [5, 5.41) is 9.13. The third-order valence-electron chi connectivity index (χ3n) is 3.45. The second-order valence-corrected chi connectivity index (χ2v) is 6.46. The first kappa shape index (κ1) is 14.2. The lowest BCUT2D eigenvalue weighted by Gasteiger charge is -2.27. The van der Waals surface area contributed by atoms with Gasteiger partial charge in [-0.3, -0.25) is 0 Å². The Labute approximate surface area is 132 Å². The number of hydrogen-bond acceptors (Lipinski definition) is 3. The largest absolute Gasteiger partial charge is 0.492 e. The van der Waals surface area contributed by atoms with Crippen molar-refractivity contribution in [1.82, 2.24) is 5.32 Å². The van der Waals surface area contributed by atoms with Gasteiger partial charge in [-0.1, -0.05) is 23.2 Å². The van der Waals surface area contributed by atoms with Crippen LogP contribution in [0.15, 0.2) is 29.0 Å². The normalized spacial score (nSPS) is 17.6. The average Bonchev–Trinajstić information content (AvgIpc) is 2.92. The van der Waals surface area contributed by atoms with Crippen LogP contribution in [0.5, 0.6) is 5.75 Å². The molecule has 1 aliphatic rings. The Bertz CT molecular complexity index is 586. The topological polar surface area (TPSA) is 21.3 Å². The van der Waals surface area contributed by atoms with E-state index in [-0.39, 0.29) is 6.04 Å². The molecule has 3 rings (SSSR count). The van der Waals surface area contributed by atoms with Gasteiger partial charge in [0, 0.05) is 23.0 Å². The second kappa shape index (κ2) is 6.35. The molecule has 1 N–H and O–H groups in total. The number of fused-ring (bicyclic) bond motifs is 1. The van der Waals surface area contributed by atoms with E-state index in [2.05, 4.69) is 22.1 Å². The van der Waals surface area contributed by atoms with Crippen LogP contribution < -0.4 is 10.1 Å². The standard InChI is InChI=1S/C15H15Cl2NOS/c16-11-7-12-14(2-5-19-15(12)13(17)8-11)18-4-1-10-3-6-20-9-10/h3,6-9,14,18H,1-2,4-5H2. The van der Waals surface area contributed by atoms with Crippen LogP contribution in [0.1, 0.15) is 23.6 Å². The van der Waals surface area contributed by atoms with E-state index >= 15 is 0 Å². The molecule has 0 fully saturated rings. The summed E-state index contributed by atoms with van der Waals surface area (Å²) in [6.07, 6.45) is 1.97. The fraction of sp³-hybridized carbons (Fsp3) is 0.333. The minimum atomic E-state index is 0.258. The monoisotopic (exact) mass is 327 g/mol. The van der Waals surface area contributed by atoms with Crippen molar-refractivity contribution in [3.63, 3.8) is 0 Å². The van der Waals surface area contributed by atoms with Crippen molar-refractivity contribution in [2.45, 2.75) is 18.9 Å². The molecule has 0 radical (unpaired) electrons. The first-order valence-corrected chi connectivity index (χ1v) is 8.30. The summed E-state index contributed by atoms with van der Waals surface area (Å²) in [6, 6.07) is 6.10. The Hall–Kier alpha value is -0.740. The van der Waals surface area contributed by atoms with E-state index in [1.165, 1.54) is 5.56 Å². The number of nitrogens with one attached hydrogen (secondary N) is 1. The van der Waals surface area contributed by atoms with Gasteiger partial charge in [0.1, 0.15) is 5.75 Å². The Morgan fingerprint density at radius 2 is 2.25 bits per heavy atom. The molecule has 106 valence electrons. The van der Waals surface area contributed by atoms with Gasteiger partial charge in [-0.2, -0.15) is 11.3 Å². The van der Waals surface area contributed by atoms with Gasteiger partial charge in [-0.15, -0.1) is 0 Å². The third kappa shape index (κ3) is 3.12. The van der Waals surface area contributed by atoms with E-state index in [1.54, 1.807) is 17.4 Å². The molecule has 1 aromatic heterocycles. The Morgan fingerprint density at radius 1 is 1.35 bits per heavy atom. The molecule has 1 aliphatic heterocycles. The van der Waals surface area contributed by atoms with Crippen molar-refractivity contribution in [2.75, 3.05) is 13.2 Å². The highest BCUT2D eigenvalue weighted by atomic mass is 35.5. The summed E-state index contributed by atoms with van der Waals surface area (Å²) in [5.74, 6) is 0.773. The second-order valence-electron chi connectivity index (χ2n) is 4.83. The van der Waals surface area contributed by atoms with Crippen molar-refractivity contribution in [3.8, 4) is 5.75 Å². The molecule has 1 atom stereocenters. The number of ether oxygens (including phenoxy) is 1. The molecule has 20 heavy (non-hydrogen) atoms. The van der Waals surface area contributed by atoms with Crippen LogP contribution in [-0.2, 0) is 6.42 Å². The summed E-state index contributed by atoms with van der Waals surface area (Å²) in [6.45, 7) is 1.62. The molecule has 0 aliphatic carbocycles. The van der Waals surface area contributed by atoms with E-state index < -0.39 is 0 Å². The van der Waals surface area contributed by atoms with Gasteiger partial charge in [0.05, 0.1) is 11.6 Å².